The third kappa shape index (κ3) is 4.65. The number of carbonyl (C=O) groups is 2. The van der Waals surface area contributed by atoms with Crippen LogP contribution >= 0.6 is 0 Å². The molecule has 3 N–H and O–H groups in total. The summed E-state index contributed by atoms with van der Waals surface area (Å²) in [4.78, 5) is 26.2. The van der Waals surface area contributed by atoms with Gasteiger partial charge in [-0.2, -0.15) is 0 Å². The van der Waals surface area contributed by atoms with E-state index in [0.717, 1.165) is 6.07 Å². The molecular weight excluding hydrogens is 400 g/mol. The van der Waals surface area contributed by atoms with Crippen molar-refractivity contribution in [2.24, 2.45) is 5.92 Å². The lowest BCUT2D eigenvalue weighted by molar-refractivity contribution is -0.145. The second-order valence-corrected chi connectivity index (χ2v) is 7.49. The Morgan fingerprint density at radius 1 is 1.30 bits per heavy atom. The highest BCUT2D eigenvalue weighted by Crippen LogP contribution is 2.25. The number of likely N-dealkylation sites (tertiary alicyclic amines) is 1. The molecule has 4 atom stereocenters. The molecule has 0 aliphatic carbocycles. The minimum atomic E-state index is -1.06. The van der Waals surface area contributed by atoms with E-state index in [4.69, 9.17) is 4.52 Å². The molecule has 1 saturated heterocycles. The van der Waals surface area contributed by atoms with Crippen molar-refractivity contribution < 1.29 is 33.1 Å². The number of carboxylic acid groups (broad SMARTS) is 1. The van der Waals surface area contributed by atoms with E-state index in [2.05, 4.69) is 10.5 Å². The van der Waals surface area contributed by atoms with Crippen molar-refractivity contribution in [3.05, 3.63) is 41.6 Å². The molecule has 3 rings (SSSR count). The number of amides is 1. The van der Waals surface area contributed by atoms with Gasteiger partial charge in [0.05, 0.1) is 17.6 Å². The van der Waals surface area contributed by atoms with Crippen LogP contribution in [0.4, 0.5) is 8.78 Å². The number of carboxylic acids is 1. The number of benzene rings is 1. The maximum absolute atomic E-state index is 13.9. The van der Waals surface area contributed by atoms with Crippen LogP contribution < -0.4 is 5.32 Å². The highest BCUT2D eigenvalue weighted by Gasteiger charge is 2.37. The number of rotatable bonds is 6. The standard InChI is InChI=1S/C20H23F2N3O5/c1-10(11(2)26)25-6-5-16(14(9-25)20(28)29)23-19(27)17-8-18(30-24-17)13-4-3-12(21)7-15(13)22/h3-4,7-8,10-11,14,16,26H,5-6,9H2,1-2H3,(H,23,27)(H,28,29)/t10-,11+,14-,16-/m1/s1. The fourth-order valence-corrected chi connectivity index (χ4v) is 3.52. The van der Waals surface area contributed by atoms with E-state index in [9.17, 15) is 28.6 Å². The second-order valence-electron chi connectivity index (χ2n) is 7.49. The molecule has 8 nitrogen and oxygen atoms in total. The van der Waals surface area contributed by atoms with Gasteiger partial charge < -0.3 is 20.1 Å². The molecule has 30 heavy (non-hydrogen) atoms. The van der Waals surface area contributed by atoms with E-state index in [-0.39, 0.29) is 29.6 Å². The average Bonchev–Trinajstić information content (AvgIpc) is 3.17. The summed E-state index contributed by atoms with van der Waals surface area (Å²) in [7, 11) is 0. The number of aliphatic hydroxyl groups is 1. The highest BCUT2D eigenvalue weighted by atomic mass is 19.1. The van der Waals surface area contributed by atoms with Crippen molar-refractivity contribution in [2.75, 3.05) is 13.1 Å². The Morgan fingerprint density at radius 3 is 2.67 bits per heavy atom. The molecule has 2 heterocycles. The number of hydrogen-bond acceptors (Lipinski definition) is 6. The third-order valence-corrected chi connectivity index (χ3v) is 5.49. The van der Waals surface area contributed by atoms with Crippen LogP contribution in [0, 0.1) is 17.6 Å². The predicted octanol–water partition coefficient (Wildman–Crippen LogP) is 1.89. The summed E-state index contributed by atoms with van der Waals surface area (Å²) < 4.78 is 32.0. The molecule has 1 aliphatic heterocycles. The van der Waals surface area contributed by atoms with Crippen LogP contribution in [0.5, 0.6) is 0 Å². The number of nitrogens with zero attached hydrogens (tertiary/aromatic N) is 2. The van der Waals surface area contributed by atoms with Crippen molar-refractivity contribution in [3.63, 3.8) is 0 Å². The fraction of sp³-hybridized carbons (Fsp3) is 0.450. The van der Waals surface area contributed by atoms with Gasteiger partial charge in [-0.05, 0) is 32.4 Å². The van der Waals surface area contributed by atoms with Crippen molar-refractivity contribution in [1.29, 1.82) is 0 Å². The van der Waals surface area contributed by atoms with Gasteiger partial charge >= 0.3 is 5.97 Å². The predicted molar refractivity (Wildman–Crippen MR) is 102 cm³/mol. The summed E-state index contributed by atoms with van der Waals surface area (Å²) in [5, 5.41) is 25.6. The average molecular weight is 423 g/mol. The highest BCUT2D eigenvalue weighted by molar-refractivity contribution is 5.93. The topological polar surface area (TPSA) is 116 Å². The number of piperidine rings is 1. The van der Waals surface area contributed by atoms with Crippen LogP contribution in [0.25, 0.3) is 11.3 Å². The molecule has 162 valence electrons. The number of carbonyl (C=O) groups excluding carboxylic acids is 1. The zero-order valence-electron chi connectivity index (χ0n) is 16.5. The molecule has 10 heteroatoms. The first kappa shape index (κ1) is 21.8. The lowest BCUT2D eigenvalue weighted by Crippen LogP contribution is -2.56. The summed E-state index contributed by atoms with van der Waals surface area (Å²) in [6, 6.07) is 3.28. The maximum Gasteiger partial charge on any atom is 0.309 e. The maximum atomic E-state index is 13.9. The minimum Gasteiger partial charge on any atom is -0.481 e. The first-order valence-corrected chi connectivity index (χ1v) is 9.55. The molecule has 2 aromatic rings. The first-order chi connectivity index (χ1) is 14.2. The van der Waals surface area contributed by atoms with Gasteiger partial charge in [0.25, 0.3) is 5.91 Å². The smallest absolute Gasteiger partial charge is 0.309 e. The van der Waals surface area contributed by atoms with Crippen molar-refractivity contribution in [1.82, 2.24) is 15.4 Å². The Balaban J connectivity index is 1.71. The van der Waals surface area contributed by atoms with Crippen LogP contribution in [0.1, 0.15) is 30.8 Å². The first-order valence-electron chi connectivity index (χ1n) is 9.55. The van der Waals surface area contributed by atoms with Gasteiger partial charge in [-0.15, -0.1) is 0 Å². The number of halogens is 2. The molecule has 1 amide bonds. The number of nitrogens with one attached hydrogen (secondary N) is 1. The molecule has 0 bridgehead atoms. The quantitative estimate of drug-likeness (QED) is 0.650. The molecule has 1 aromatic heterocycles. The van der Waals surface area contributed by atoms with Crippen LogP contribution in [0.2, 0.25) is 0 Å². The Labute approximate surface area is 171 Å². The van der Waals surface area contributed by atoms with Gasteiger partial charge in [0.2, 0.25) is 0 Å². The minimum absolute atomic E-state index is 0.0481. The molecule has 0 unspecified atom stereocenters. The summed E-state index contributed by atoms with van der Waals surface area (Å²) in [6.07, 6.45) is -0.247. The van der Waals surface area contributed by atoms with Crippen LogP contribution in [-0.2, 0) is 4.79 Å². The lowest BCUT2D eigenvalue weighted by atomic mass is 9.90. The Kier molecular flexibility index (Phi) is 6.47. The van der Waals surface area contributed by atoms with Crippen LogP contribution in [-0.4, -0.2) is 63.4 Å². The van der Waals surface area contributed by atoms with E-state index in [0.29, 0.717) is 19.0 Å². The Morgan fingerprint density at radius 2 is 2.03 bits per heavy atom. The fourth-order valence-electron chi connectivity index (χ4n) is 3.52. The number of aliphatic hydroxyl groups excluding tert-OH is 1. The zero-order chi connectivity index (χ0) is 22.0. The van der Waals surface area contributed by atoms with Gasteiger partial charge in [-0.1, -0.05) is 5.16 Å². The molecule has 0 saturated carbocycles. The second kappa shape index (κ2) is 8.88. The van der Waals surface area contributed by atoms with Crippen LogP contribution in [0.15, 0.2) is 28.8 Å². The molecule has 0 radical (unpaired) electrons. The summed E-state index contributed by atoms with van der Waals surface area (Å²) in [6.45, 7) is 4.14. The van der Waals surface area contributed by atoms with Crippen molar-refractivity contribution >= 4 is 11.9 Å². The molecule has 1 aliphatic rings. The van der Waals surface area contributed by atoms with Crippen molar-refractivity contribution in [2.45, 2.75) is 38.5 Å². The van der Waals surface area contributed by atoms with E-state index in [1.807, 2.05) is 11.8 Å². The van der Waals surface area contributed by atoms with E-state index < -0.39 is 41.6 Å². The van der Waals surface area contributed by atoms with Gasteiger partial charge in [0.1, 0.15) is 11.6 Å². The molecule has 1 fully saturated rings. The summed E-state index contributed by atoms with van der Waals surface area (Å²) >= 11 is 0. The van der Waals surface area contributed by atoms with Gasteiger partial charge in [-0.3, -0.25) is 14.5 Å². The molecule has 1 aromatic carbocycles. The third-order valence-electron chi connectivity index (χ3n) is 5.49. The van der Waals surface area contributed by atoms with Crippen molar-refractivity contribution in [3.8, 4) is 11.3 Å². The SMILES string of the molecule is C[C@H](O)[C@@H](C)N1CC[C@@H](NC(=O)c2cc(-c3ccc(F)cc3F)on2)[C@H](C(=O)O)C1. The van der Waals surface area contributed by atoms with Gasteiger partial charge in [0, 0.05) is 37.3 Å². The van der Waals surface area contributed by atoms with Crippen LogP contribution in [0.3, 0.4) is 0 Å². The summed E-state index contributed by atoms with van der Waals surface area (Å²) in [5.74, 6) is -4.23. The number of hydrogen-bond donors (Lipinski definition) is 3. The van der Waals surface area contributed by atoms with Gasteiger partial charge in [0.15, 0.2) is 11.5 Å². The van der Waals surface area contributed by atoms with Gasteiger partial charge in [-0.25, -0.2) is 8.78 Å². The van der Waals surface area contributed by atoms with E-state index >= 15 is 0 Å². The normalized spacial score (nSPS) is 21.8. The molecular formula is C20H23F2N3O5. The molecule has 0 spiro atoms. The Hall–Kier alpha value is -2.85. The number of aliphatic carboxylic acids is 1. The summed E-state index contributed by atoms with van der Waals surface area (Å²) in [5.41, 5.74) is -0.190. The van der Waals surface area contributed by atoms with E-state index in [1.165, 1.54) is 12.1 Å². The number of aromatic nitrogens is 1. The Bertz CT molecular complexity index is 933. The lowest BCUT2D eigenvalue weighted by Gasteiger charge is -2.40. The van der Waals surface area contributed by atoms with E-state index in [1.54, 1.807) is 6.92 Å². The largest absolute Gasteiger partial charge is 0.481 e. The monoisotopic (exact) mass is 423 g/mol. The zero-order valence-corrected chi connectivity index (χ0v) is 16.5.